The monoisotopic (exact) mass is 501 g/mol. The molecule has 1 spiro atoms. The summed E-state index contributed by atoms with van der Waals surface area (Å²) < 4.78 is 5.27. The van der Waals surface area contributed by atoms with Crippen LogP contribution in [0.2, 0.25) is 0 Å². The number of piperidine rings is 1. The van der Waals surface area contributed by atoms with E-state index in [0.29, 0.717) is 30.2 Å². The predicted molar refractivity (Wildman–Crippen MR) is 143 cm³/mol. The number of ether oxygens (including phenoxy) is 1. The number of amides is 2. The van der Waals surface area contributed by atoms with E-state index < -0.39 is 0 Å². The normalized spacial score (nSPS) is 25.7. The Labute approximate surface area is 220 Å². The van der Waals surface area contributed by atoms with Crippen LogP contribution in [0.4, 0.5) is 0 Å². The van der Waals surface area contributed by atoms with E-state index in [1.54, 1.807) is 7.11 Å². The number of carbonyl (C=O) groups is 2. The first kappa shape index (κ1) is 24.5. The fourth-order valence-corrected chi connectivity index (χ4v) is 6.86. The number of methoxy groups -OCH3 is 1. The van der Waals surface area contributed by atoms with Gasteiger partial charge in [-0.1, -0.05) is 42.5 Å². The highest BCUT2D eigenvalue weighted by Crippen LogP contribution is 2.43. The third kappa shape index (κ3) is 5.00. The quantitative estimate of drug-likeness (QED) is 0.572. The van der Waals surface area contributed by atoms with Crippen molar-refractivity contribution < 1.29 is 14.3 Å². The summed E-state index contributed by atoms with van der Waals surface area (Å²) in [4.78, 5) is 33.2. The highest BCUT2D eigenvalue weighted by atomic mass is 16.5. The van der Waals surface area contributed by atoms with Crippen molar-refractivity contribution in [3.63, 3.8) is 0 Å². The summed E-state index contributed by atoms with van der Waals surface area (Å²) in [6, 6.07) is 18.8. The molecule has 2 aromatic carbocycles. The lowest BCUT2D eigenvalue weighted by Crippen LogP contribution is -2.46. The zero-order valence-electron chi connectivity index (χ0n) is 22.0. The van der Waals surface area contributed by atoms with Gasteiger partial charge in [0.1, 0.15) is 5.75 Å². The lowest BCUT2D eigenvalue weighted by atomic mass is 9.76. The van der Waals surface area contributed by atoms with Gasteiger partial charge in [0.05, 0.1) is 12.5 Å². The van der Waals surface area contributed by atoms with Gasteiger partial charge in [0.25, 0.3) is 0 Å². The van der Waals surface area contributed by atoms with Gasteiger partial charge in [-0.25, -0.2) is 0 Å². The number of rotatable bonds is 7. The van der Waals surface area contributed by atoms with Crippen molar-refractivity contribution in [3.05, 3.63) is 65.7 Å². The van der Waals surface area contributed by atoms with Gasteiger partial charge < -0.3 is 19.4 Å². The summed E-state index contributed by atoms with van der Waals surface area (Å²) in [5.41, 5.74) is 2.32. The lowest BCUT2D eigenvalue weighted by molar-refractivity contribution is -0.139. The zero-order valence-corrected chi connectivity index (χ0v) is 22.0. The van der Waals surface area contributed by atoms with E-state index in [2.05, 4.69) is 57.2 Å². The van der Waals surface area contributed by atoms with Gasteiger partial charge in [0, 0.05) is 44.6 Å². The summed E-state index contributed by atoms with van der Waals surface area (Å²) in [7, 11) is 1.67. The minimum Gasteiger partial charge on any atom is -0.497 e. The van der Waals surface area contributed by atoms with Crippen LogP contribution in [0.5, 0.6) is 5.75 Å². The molecule has 1 saturated carbocycles. The summed E-state index contributed by atoms with van der Waals surface area (Å²) in [6.07, 6.45) is 4.98. The highest BCUT2D eigenvalue weighted by molar-refractivity contribution is 5.85. The van der Waals surface area contributed by atoms with Crippen molar-refractivity contribution in [2.45, 2.75) is 44.6 Å². The van der Waals surface area contributed by atoms with Crippen molar-refractivity contribution >= 4 is 11.8 Å². The van der Waals surface area contributed by atoms with Crippen molar-refractivity contribution in [2.24, 2.45) is 17.3 Å². The third-order valence-corrected chi connectivity index (χ3v) is 9.35. The number of hydrogen-bond donors (Lipinski definition) is 0. The average Bonchev–Trinajstić information content (AvgIpc) is 3.65. The molecule has 3 saturated heterocycles. The molecule has 2 aromatic rings. The van der Waals surface area contributed by atoms with Crippen LogP contribution in [0.1, 0.15) is 49.1 Å². The molecule has 1 unspecified atom stereocenters. The fraction of sp³-hybridized carbons (Fsp3) is 0.548. The number of carbonyl (C=O) groups excluding carboxylic acids is 2. The Bertz CT molecular complexity index is 1110. The minimum absolute atomic E-state index is 0.189. The number of nitrogens with zero attached hydrogens (tertiary/aromatic N) is 3. The summed E-state index contributed by atoms with van der Waals surface area (Å²) >= 11 is 0. The Kier molecular flexibility index (Phi) is 6.70. The van der Waals surface area contributed by atoms with Crippen LogP contribution in [-0.4, -0.2) is 72.9 Å². The maximum absolute atomic E-state index is 13.5. The van der Waals surface area contributed by atoms with Crippen LogP contribution in [0.3, 0.4) is 0 Å². The molecular formula is C31H39N3O3. The first-order chi connectivity index (χ1) is 18.0. The third-order valence-electron chi connectivity index (χ3n) is 9.35. The van der Waals surface area contributed by atoms with E-state index >= 15 is 0 Å². The van der Waals surface area contributed by atoms with Crippen molar-refractivity contribution in [1.82, 2.24) is 14.7 Å². The molecular weight excluding hydrogens is 462 g/mol. The number of likely N-dealkylation sites (tertiary alicyclic amines) is 3. The van der Waals surface area contributed by atoms with Gasteiger partial charge in [-0.2, -0.15) is 0 Å². The molecule has 6 heteroatoms. The molecule has 37 heavy (non-hydrogen) atoms. The standard InChI is InChI=1S/C31H39N3O3/c1-37-27-11-7-23(8-12-27)19-33-18-15-31(30(33)36)13-16-32(17-14-31)20-26-21-34(29(35)25-9-10-25)22-28(26)24-5-3-2-4-6-24/h2-8,11-12,25-26,28H,9-10,13-22H2,1H3/t26-,28?/m0/s1. The van der Waals surface area contributed by atoms with Crippen molar-refractivity contribution in [2.75, 3.05) is 46.4 Å². The van der Waals surface area contributed by atoms with E-state index in [1.165, 1.54) is 5.56 Å². The molecule has 4 aliphatic rings. The molecule has 0 aromatic heterocycles. The van der Waals surface area contributed by atoms with Gasteiger partial charge in [-0.05, 0) is 74.4 Å². The lowest BCUT2D eigenvalue weighted by Gasteiger charge is -2.39. The second-order valence-corrected chi connectivity index (χ2v) is 11.7. The Morgan fingerprint density at radius 1 is 0.946 bits per heavy atom. The smallest absolute Gasteiger partial charge is 0.229 e. The molecule has 1 aliphatic carbocycles. The number of hydrogen-bond acceptors (Lipinski definition) is 4. The van der Waals surface area contributed by atoms with E-state index in [9.17, 15) is 9.59 Å². The predicted octanol–water partition coefficient (Wildman–Crippen LogP) is 4.16. The second kappa shape index (κ2) is 10.1. The molecule has 196 valence electrons. The molecule has 6 rings (SSSR count). The SMILES string of the molecule is COc1ccc(CN2CCC3(CCN(C[C@H]4CN(C(=O)C5CC5)CC4c4ccccc4)CC3)C2=O)cc1. The minimum atomic E-state index is -0.189. The second-order valence-electron chi connectivity index (χ2n) is 11.7. The van der Waals surface area contributed by atoms with Crippen LogP contribution in [0.25, 0.3) is 0 Å². The van der Waals surface area contributed by atoms with Crippen LogP contribution in [-0.2, 0) is 16.1 Å². The largest absolute Gasteiger partial charge is 0.497 e. The molecule has 6 nitrogen and oxygen atoms in total. The average molecular weight is 502 g/mol. The van der Waals surface area contributed by atoms with E-state index in [4.69, 9.17) is 4.74 Å². The van der Waals surface area contributed by atoms with Gasteiger partial charge >= 0.3 is 0 Å². The van der Waals surface area contributed by atoms with E-state index in [1.807, 2.05) is 12.1 Å². The van der Waals surface area contributed by atoms with E-state index in [-0.39, 0.29) is 11.3 Å². The Hall–Kier alpha value is -2.86. The Balaban J connectivity index is 1.07. The van der Waals surface area contributed by atoms with Crippen LogP contribution in [0.15, 0.2) is 54.6 Å². The molecule has 3 aliphatic heterocycles. The Morgan fingerprint density at radius 2 is 1.65 bits per heavy atom. The number of benzene rings is 2. The molecule has 2 atom stereocenters. The van der Waals surface area contributed by atoms with Crippen molar-refractivity contribution in [3.8, 4) is 5.75 Å². The molecule has 2 amide bonds. The zero-order chi connectivity index (χ0) is 25.4. The van der Waals surface area contributed by atoms with Crippen LogP contribution in [0, 0.1) is 17.3 Å². The van der Waals surface area contributed by atoms with Crippen LogP contribution < -0.4 is 4.74 Å². The van der Waals surface area contributed by atoms with Gasteiger partial charge in [0.2, 0.25) is 11.8 Å². The highest BCUT2D eigenvalue weighted by Gasteiger charge is 2.49. The topological polar surface area (TPSA) is 53.1 Å². The maximum atomic E-state index is 13.5. The molecule has 0 radical (unpaired) electrons. The fourth-order valence-electron chi connectivity index (χ4n) is 6.86. The summed E-state index contributed by atoms with van der Waals surface area (Å²) in [5.74, 6) is 2.68. The molecule has 0 bridgehead atoms. The first-order valence-corrected chi connectivity index (χ1v) is 14.0. The maximum Gasteiger partial charge on any atom is 0.229 e. The molecule has 3 heterocycles. The summed E-state index contributed by atoms with van der Waals surface area (Å²) in [5, 5.41) is 0. The molecule has 0 N–H and O–H groups in total. The summed E-state index contributed by atoms with van der Waals surface area (Å²) in [6.45, 7) is 6.19. The van der Waals surface area contributed by atoms with E-state index in [0.717, 1.165) is 82.7 Å². The van der Waals surface area contributed by atoms with Gasteiger partial charge in [-0.15, -0.1) is 0 Å². The van der Waals surface area contributed by atoms with Gasteiger partial charge in [0.15, 0.2) is 0 Å². The van der Waals surface area contributed by atoms with Crippen LogP contribution >= 0.6 is 0 Å². The molecule has 4 fully saturated rings. The Morgan fingerprint density at radius 3 is 2.32 bits per heavy atom. The van der Waals surface area contributed by atoms with Crippen molar-refractivity contribution in [1.29, 1.82) is 0 Å². The first-order valence-electron chi connectivity index (χ1n) is 14.0. The van der Waals surface area contributed by atoms with Gasteiger partial charge in [-0.3, -0.25) is 9.59 Å².